The Bertz CT molecular complexity index is 879. The van der Waals surface area contributed by atoms with E-state index in [9.17, 15) is 9.59 Å². The topological polar surface area (TPSA) is 81.2 Å². The summed E-state index contributed by atoms with van der Waals surface area (Å²) in [7, 11) is 0. The van der Waals surface area contributed by atoms with Crippen LogP contribution in [0.25, 0.3) is 11.1 Å². The van der Waals surface area contributed by atoms with E-state index in [1.54, 1.807) is 6.92 Å². The minimum absolute atomic E-state index is 0.173. The van der Waals surface area contributed by atoms with Gasteiger partial charge in [0.25, 0.3) is 5.91 Å². The van der Waals surface area contributed by atoms with Crippen molar-refractivity contribution in [2.75, 3.05) is 11.9 Å². The van der Waals surface area contributed by atoms with E-state index < -0.39 is 11.9 Å². The summed E-state index contributed by atoms with van der Waals surface area (Å²) in [6.45, 7) is 1.99. The summed E-state index contributed by atoms with van der Waals surface area (Å²) in [6, 6.07) is 9.48. The summed E-state index contributed by atoms with van der Waals surface area (Å²) in [5.74, 6) is -0.905. The van der Waals surface area contributed by atoms with Gasteiger partial charge in [-0.2, -0.15) is 0 Å². The Labute approximate surface area is 148 Å². The van der Waals surface area contributed by atoms with E-state index in [1.807, 2.05) is 35.7 Å². The average Bonchev–Trinajstić information content (AvgIpc) is 3.07. The number of nitrogens with one attached hydrogen (secondary N) is 1. The first-order chi connectivity index (χ1) is 12.2. The normalized spacial score (nSPS) is 10.3. The molecule has 0 aliphatic carbocycles. The lowest BCUT2D eigenvalue weighted by Gasteiger charge is -2.08. The number of carbonyl (C=O) groups excluding carboxylic acids is 2. The summed E-state index contributed by atoms with van der Waals surface area (Å²) in [6.07, 6.45) is 4.29. The molecule has 0 radical (unpaired) electrons. The highest BCUT2D eigenvalue weighted by Gasteiger charge is 2.23. The third-order valence-corrected chi connectivity index (χ3v) is 4.27. The summed E-state index contributed by atoms with van der Waals surface area (Å²) in [5, 5.41) is 4.98. The van der Waals surface area contributed by atoms with E-state index >= 15 is 0 Å². The summed E-state index contributed by atoms with van der Waals surface area (Å²) in [5.41, 5.74) is 2.11. The van der Waals surface area contributed by atoms with E-state index in [0.717, 1.165) is 11.1 Å². The van der Waals surface area contributed by atoms with Crippen molar-refractivity contribution < 1.29 is 14.3 Å². The van der Waals surface area contributed by atoms with Crippen molar-refractivity contribution in [3.8, 4) is 11.1 Å². The molecule has 2 heterocycles. The maximum atomic E-state index is 12.4. The zero-order valence-electron chi connectivity index (χ0n) is 13.4. The molecule has 0 aliphatic rings. The molecule has 25 heavy (non-hydrogen) atoms. The number of hydrogen-bond donors (Lipinski definition) is 1. The number of benzene rings is 1. The summed E-state index contributed by atoms with van der Waals surface area (Å²) >= 11 is 1.27. The molecule has 0 atom stereocenters. The molecule has 1 aromatic carbocycles. The van der Waals surface area contributed by atoms with Crippen molar-refractivity contribution in [1.82, 2.24) is 9.97 Å². The molecule has 0 saturated heterocycles. The zero-order chi connectivity index (χ0) is 17.6. The molecule has 0 aliphatic heterocycles. The summed E-state index contributed by atoms with van der Waals surface area (Å²) < 4.78 is 5.16. The van der Waals surface area contributed by atoms with E-state index in [4.69, 9.17) is 4.74 Å². The number of carbonyl (C=O) groups is 2. The van der Waals surface area contributed by atoms with Gasteiger partial charge in [0.1, 0.15) is 16.3 Å². The Morgan fingerprint density at radius 2 is 2.00 bits per heavy atom. The number of rotatable bonds is 5. The van der Waals surface area contributed by atoms with E-state index in [2.05, 4.69) is 15.3 Å². The fourth-order valence-corrected chi connectivity index (χ4v) is 3.22. The molecule has 2 aromatic heterocycles. The monoisotopic (exact) mass is 353 g/mol. The van der Waals surface area contributed by atoms with Crippen molar-refractivity contribution in [2.45, 2.75) is 6.92 Å². The number of nitrogens with zero attached hydrogens (tertiary/aromatic N) is 2. The molecule has 6 nitrogen and oxygen atoms in total. The maximum absolute atomic E-state index is 12.4. The predicted molar refractivity (Wildman–Crippen MR) is 95.7 cm³/mol. The largest absolute Gasteiger partial charge is 0.462 e. The molecule has 0 fully saturated rings. The minimum atomic E-state index is -0.475. The third kappa shape index (κ3) is 3.72. The molecule has 3 rings (SSSR count). The number of amides is 1. The second kappa shape index (κ2) is 7.67. The maximum Gasteiger partial charge on any atom is 0.341 e. The lowest BCUT2D eigenvalue weighted by Crippen LogP contribution is -2.16. The number of aromatic nitrogens is 2. The van der Waals surface area contributed by atoms with Gasteiger partial charge in [-0.25, -0.2) is 9.78 Å². The van der Waals surface area contributed by atoms with Crippen LogP contribution in [0.2, 0.25) is 0 Å². The highest BCUT2D eigenvalue weighted by Crippen LogP contribution is 2.36. The smallest absolute Gasteiger partial charge is 0.341 e. The van der Waals surface area contributed by atoms with Crippen molar-refractivity contribution in [3.63, 3.8) is 0 Å². The molecule has 0 spiro atoms. The van der Waals surface area contributed by atoms with Gasteiger partial charge >= 0.3 is 5.97 Å². The van der Waals surface area contributed by atoms with Crippen LogP contribution in [0.15, 0.2) is 54.3 Å². The minimum Gasteiger partial charge on any atom is -0.462 e. The van der Waals surface area contributed by atoms with Gasteiger partial charge in [0, 0.05) is 23.3 Å². The molecule has 0 unspecified atom stereocenters. The first-order valence-corrected chi connectivity index (χ1v) is 8.50. The van der Waals surface area contributed by atoms with Gasteiger partial charge in [0.2, 0.25) is 0 Å². The Kier molecular flexibility index (Phi) is 5.15. The van der Waals surface area contributed by atoms with Crippen LogP contribution in [0.1, 0.15) is 27.8 Å². The molecule has 1 N–H and O–H groups in total. The zero-order valence-corrected chi connectivity index (χ0v) is 14.2. The quantitative estimate of drug-likeness (QED) is 0.708. The Hall–Kier alpha value is -3.06. The van der Waals surface area contributed by atoms with E-state index in [1.165, 1.54) is 29.9 Å². The third-order valence-electron chi connectivity index (χ3n) is 3.38. The number of anilines is 1. The number of ether oxygens (including phenoxy) is 1. The Morgan fingerprint density at radius 3 is 2.68 bits per heavy atom. The number of esters is 1. The van der Waals surface area contributed by atoms with Gasteiger partial charge in [-0.3, -0.25) is 9.78 Å². The predicted octanol–water partition coefficient (Wildman–Crippen LogP) is 3.63. The van der Waals surface area contributed by atoms with Crippen LogP contribution in [0.3, 0.4) is 0 Å². The van der Waals surface area contributed by atoms with Crippen molar-refractivity contribution in [3.05, 3.63) is 65.6 Å². The van der Waals surface area contributed by atoms with Crippen molar-refractivity contribution in [2.24, 2.45) is 0 Å². The SMILES string of the molecule is CCOC(=O)c1c(-c2ccccc2)csc1NC(=O)c1cnccn1. The molecule has 1 amide bonds. The number of thiophene rings is 1. The first-order valence-electron chi connectivity index (χ1n) is 7.62. The van der Waals surface area contributed by atoms with Crippen molar-refractivity contribution in [1.29, 1.82) is 0 Å². The molecular formula is C18H15N3O3S. The fraction of sp³-hybridized carbons (Fsp3) is 0.111. The highest BCUT2D eigenvalue weighted by atomic mass is 32.1. The lowest BCUT2D eigenvalue weighted by atomic mass is 10.0. The van der Waals surface area contributed by atoms with Crippen LogP contribution in [0, 0.1) is 0 Å². The average molecular weight is 353 g/mol. The van der Waals surface area contributed by atoms with Crippen molar-refractivity contribution >= 4 is 28.2 Å². The van der Waals surface area contributed by atoms with Crippen LogP contribution >= 0.6 is 11.3 Å². The van der Waals surface area contributed by atoms with E-state index in [0.29, 0.717) is 10.6 Å². The van der Waals surface area contributed by atoms with Gasteiger partial charge in [0.05, 0.1) is 12.8 Å². The van der Waals surface area contributed by atoms with Crippen LogP contribution < -0.4 is 5.32 Å². The van der Waals surface area contributed by atoms with Gasteiger partial charge in [-0.05, 0) is 12.5 Å². The van der Waals surface area contributed by atoms with E-state index in [-0.39, 0.29) is 12.3 Å². The number of hydrogen-bond acceptors (Lipinski definition) is 6. The van der Waals surface area contributed by atoms with Gasteiger partial charge in [-0.1, -0.05) is 30.3 Å². The fourth-order valence-electron chi connectivity index (χ4n) is 2.27. The first kappa shape index (κ1) is 16.8. The standard InChI is InChI=1S/C18H15N3O3S/c1-2-24-18(23)15-13(12-6-4-3-5-7-12)11-25-17(15)21-16(22)14-10-19-8-9-20-14/h3-11H,2H2,1H3,(H,21,22). The van der Waals surface area contributed by atoms with Gasteiger partial charge in [-0.15, -0.1) is 11.3 Å². The molecule has 3 aromatic rings. The van der Waals surface area contributed by atoms with Crippen LogP contribution in [-0.2, 0) is 4.74 Å². The highest BCUT2D eigenvalue weighted by molar-refractivity contribution is 7.15. The molecule has 126 valence electrons. The Balaban J connectivity index is 1.98. The van der Waals surface area contributed by atoms with Gasteiger partial charge < -0.3 is 10.1 Å². The second-order valence-electron chi connectivity index (χ2n) is 4.98. The van der Waals surface area contributed by atoms with Crippen LogP contribution in [0.5, 0.6) is 0 Å². The molecule has 0 bridgehead atoms. The lowest BCUT2D eigenvalue weighted by molar-refractivity contribution is 0.0529. The molecule has 7 heteroatoms. The second-order valence-corrected chi connectivity index (χ2v) is 5.86. The summed E-state index contributed by atoms with van der Waals surface area (Å²) in [4.78, 5) is 32.6. The van der Waals surface area contributed by atoms with Crippen LogP contribution in [0.4, 0.5) is 5.00 Å². The van der Waals surface area contributed by atoms with Crippen LogP contribution in [-0.4, -0.2) is 28.5 Å². The Morgan fingerprint density at radius 1 is 1.20 bits per heavy atom. The molecular weight excluding hydrogens is 338 g/mol. The molecule has 0 saturated carbocycles. The van der Waals surface area contributed by atoms with Gasteiger partial charge in [0.15, 0.2) is 0 Å².